The Kier molecular flexibility index (Phi) is 6.30. The molecule has 2 aromatic rings. The molecule has 4 heterocycles. The maximum atomic E-state index is 13.1. The number of rotatable bonds is 2. The zero-order valence-corrected chi connectivity index (χ0v) is 18.3. The van der Waals surface area contributed by atoms with E-state index in [1.54, 1.807) is 0 Å². The lowest BCUT2D eigenvalue weighted by atomic mass is 9.71. The molecule has 30 heavy (non-hydrogen) atoms. The SMILES string of the molecule is Cl.O=C(c1ccc2c(c1)CNCC2)N1CCC2(CC1)CCN(c1ccncc1)CC2. The number of fused-ring (bicyclic) bond motifs is 1. The summed E-state index contributed by atoms with van der Waals surface area (Å²) in [5.74, 6) is 0.211. The molecule has 2 fully saturated rings. The fourth-order valence-electron chi connectivity index (χ4n) is 5.27. The number of piperidine rings is 2. The van der Waals surface area contributed by atoms with Gasteiger partial charge in [-0.25, -0.2) is 0 Å². The standard InChI is InChI=1S/C24H30N4O.ClH/c29-23(20-2-1-19-3-10-26-18-21(19)17-20)28-15-8-24(9-16-28)6-13-27(14-7-24)22-4-11-25-12-5-22;/h1-2,4-5,11-12,17,26H,3,6-10,13-16,18H2;1H. The lowest BCUT2D eigenvalue weighted by Gasteiger charge is -2.47. The molecule has 1 aromatic carbocycles. The Morgan fingerprint density at radius 3 is 2.37 bits per heavy atom. The van der Waals surface area contributed by atoms with Crippen molar-refractivity contribution in [2.24, 2.45) is 5.41 Å². The first-order valence-corrected chi connectivity index (χ1v) is 11.0. The molecule has 1 amide bonds. The van der Waals surface area contributed by atoms with Crippen LogP contribution in [0.2, 0.25) is 0 Å². The molecule has 3 aliphatic heterocycles. The van der Waals surface area contributed by atoms with E-state index >= 15 is 0 Å². The quantitative estimate of drug-likeness (QED) is 0.795. The Balaban J connectivity index is 0.00000218. The van der Waals surface area contributed by atoms with Gasteiger partial charge in [0.2, 0.25) is 0 Å². The smallest absolute Gasteiger partial charge is 0.253 e. The summed E-state index contributed by atoms with van der Waals surface area (Å²) in [4.78, 5) is 21.8. The number of likely N-dealkylation sites (tertiary alicyclic amines) is 1. The minimum atomic E-state index is 0. The van der Waals surface area contributed by atoms with Crippen LogP contribution in [0, 0.1) is 5.41 Å². The van der Waals surface area contributed by atoms with E-state index in [2.05, 4.69) is 44.4 Å². The molecule has 160 valence electrons. The van der Waals surface area contributed by atoms with Gasteiger partial charge in [0, 0.05) is 56.4 Å². The van der Waals surface area contributed by atoms with Crippen molar-refractivity contribution < 1.29 is 4.79 Å². The van der Waals surface area contributed by atoms with Crippen molar-refractivity contribution in [2.45, 2.75) is 38.6 Å². The Hall–Kier alpha value is -2.11. The minimum absolute atomic E-state index is 0. The Morgan fingerprint density at radius 2 is 1.63 bits per heavy atom. The Bertz CT molecular complexity index is 870. The van der Waals surface area contributed by atoms with E-state index in [-0.39, 0.29) is 18.3 Å². The maximum absolute atomic E-state index is 13.1. The zero-order chi connectivity index (χ0) is 19.7. The van der Waals surface area contributed by atoms with Crippen LogP contribution >= 0.6 is 12.4 Å². The van der Waals surface area contributed by atoms with Gasteiger partial charge in [-0.05, 0) is 79.5 Å². The number of carbonyl (C=O) groups excluding carboxylic acids is 1. The molecule has 5 rings (SSSR count). The molecule has 0 unspecified atom stereocenters. The summed E-state index contributed by atoms with van der Waals surface area (Å²) in [6, 6.07) is 10.5. The second-order valence-electron chi connectivity index (χ2n) is 8.89. The molecular weight excluding hydrogens is 396 g/mol. The first kappa shape index (κ1) is 21.1. The third-order valence-electron chi connectivity index (χ3n) is 7.30. The molecule has 5 nitrogen and oxygen atoms in total. The van der Waals surface area contributed by atoms with E-state index in [1.165, 1.54) is 29.7 Å². The second kappa shape index (κ2) is 8.94. The molecule has 6 heteroatoms. The van der Waals surface area contributed by atoms with Gasteiger partial charge in [0.1, 0.15) is 0 Å². The lowest BCUT2D eigenvalue weighted by molar-refractivity contribution is 0.0515. The fourth-order valence-corrected chi connectivity index (χ4v) is 5.27. The first-order chi connectivity index (χ1) is 14.2. The third kappa shape index (κ3) is 4.19. The molecule has 0 saturated carbocycles. The molecule has 0 radical (unpaired) electrons. The van der Waals surface area contributed by atoms with E-state index in [9.17, 15) is 4.79 Å². The van der Waals surface area contributed by atoms with Crippen LogP contribution in [0.3, 0.4) is 0 Å². The average Bonchev–Trinajstić information content (AvgIpc) is 2.80. The van der Waals surface area contributed by atoms with Crippen LogP contribution in [-0.4, -0.2) is 48.5 Å². The predicted octanol–water partition coefficient (Wildman–Crippen LogP) is 3.67. The highest BCUT2D eigenvalue weighted by atomic mass is 35.5. The van der Waals surface area contributed by atoms with Gasteiger partial charge in [0.25, 0.3) is 5.91 Å². The lowest BCUT2D eigenvalue weighted by Crippen LogP contribution is -2.48. The summed E-state index contributed by atoms with van der Waals surface area (Å²) >= 11 is 0. The number of hydrogen-bond donors (Lipinski definition) is 1. The number of nitrogens with zero attached hydrogens (tertiary/aromatic N) is 3. The van der Waals surface area contributed by atoms with E-state index in [1.807, 2.05) is 18.5 Å². The van der Waals surface area contributed by atoms with Gasteiger partial charge in [-0.3, -0.25) is 9.78 Å². The average molecular weight is 427 g/mol. The highest BCUT2D eigenvalue weighted by molar-refractivity contribution is 5.94. The second-order valence-corrected chi connectivity index (χ2v) is 8.89. The normalized spacial score (nSPS) is 20.4. The van der Waals surface area contributed by atoms with Gasteiger partial charge in [-0.2, -0.15) is 0 Å². The van der Waals surface area contributed by atoms with Crippen LogP contribution in [0.15, 0.2) is 42.7 Å². The van der Waals surface area contributed by atoms with E-state index in [0.29, 0.717) is 5.41 Å². The number of carbonyl (C=O) groups is 1. The Morgan fingerprint density at radius 1 is 0.933 bits per heavy atom. The van der Waals surface area contributed by atoms with Gasteiger partial charge in [-0.15, -0.1) is 12.4 Å². The van der Waals surface area contributed by atoms with Gasteiger partial charge < -0.3 is 15.1 Å². The van der Waals surface area contributed by atoms with Crippen molar-refractivity contribution >= 4 is 24.0 Å². The number of anilines is 1. The van der Waals surface area contributed by atoms with Crippen molar-refractivity contribution in [3.05, 3.63) is 59.4 Å². The van der Waals surface area contributed by atoms with Crippen LogP contribution in [-0.2, 0) is 13.0 Å². The molecule has 1 spiro atoms. The van der Waals surface area contributed by atoms with Crippen molar-refractivity contribution in [1.82, 2.24) is 15.2 Å². The van der Waals surface area contributed by atoms with Crippen molar-refractivity contribution in [3.63, 3.8) is 0 Å². The number of aromatic nitrogens is 1. The summed E-state index contributed by atoms with van der Waals surface area (Å²) in [6.45, 7) is 5.92. The van der Waals surface area contributed by atoms with Crippen molar-refractivity contribution in [3.8, 4) is 0 Å². The fraction of sp³-hybridized carbons (Fsp3) is 0.500. The van der Waals surface area contributed by atoms with Crippen LogP contribution in [0.5, 0.6) is 0 Å². The maximum Gasteiger partial charge on any atom is 0.253 e. The third-order valence-corrected chi connectivity index (χ3v) is 7.30. The zero-order valence-electron chi connectivity index (χ0n) is 17.5. The van der Waals surface area contributed by atoms with Gasteiger partial charge in [-0.1, -0.05) is 6.07 Å². The van der Waals surface area contributed by atoms with Crippen molar-refractivity contribution in [1.29, 1.82) is 0 Å². The summed E-state index contributed by atoms with van der Waals surface area (Å²) in [6.07, 6.45) is 9.53. The van der Waals surface area contributed by atoms with E-state index in [0.717, 1.165) is 64.1 Å². The highest BCUT2D eigenvalue weighted by Crippen LogP contribution is 2.42. The number of benzene rings is 1. The summed E-state index contributed by atoms with van der Waals surface area (Å²) < 4.78 is 0. The summed E-state index contributed by atoms with van der Waals surface area (Å²) in [5.41, 5.74) is 5.23. The number of halogens is 1. The van der Waals surface area contributed by atoms with Crippen LogP contribution in [0.25, 0.3) is 0 Å². The first-order valence-electron chi connectivity index (χ1n) is 11.0. The molecule has 3 aliphatic rings. The molecule has 1 N–H and O–H groups in total. The predicted molar refractivity (Wildman–Crippen MR) is 122 cm³/mol. The van der Waals surface area contributed by atoms with E-state index < -0.39 is 0 Å². The van der Waals surface area contributed by atoms with Crippen LogP contribution < -0.4 is 10.2 Å². The largest absolute Gasteiger partial charge is 0.371 e. The van der Waals surface area contributed by atoms with Crippen LogP contribution in [0.1, 0.15) is 47.2 Å². The van der Waals surface area contributed by atoms with Crippen molar-refractivity contribution in [2.75, 3.05) is 37.6 Å². The molecule has 0 aliphatic carbocycles. The van der Waals surface area contributed by atoms with Gasteiger partial charge >= 0.3 is 0 Å². The summed E-state index contributed by atoms with van der Waals surface area (Å²) in [5, 5.41) is 3.41. The molecule has 0 bridgehead atoms. The molecule has 0 atom stereocenters. The van der Waals surface area contributed by atoms with Gasteiger partial charge in [0.05, 0.1) is 0 Å². The monoisotopic (exact) mass is 426 g/mol. The Labute approximate surface area is 185 Å². The number of hydrogen-bond acceptors (Lipinski definition) is 4. The topological polar surface area (TPSA) is 48.5 Å². The molecule has 2 saturated heterocycles. The van der Waals surface area contributed by atoms with Gasteiger partial charge in [0.15, 0.2) is 0 Å². The highest BCUT2D eigenvalue weighted by Gasteiger charge is 2.38. The number of amides is 1. The molecular formula is C24H31ClN4O. The number of nitrogens with one attached hydrogen (secondary N) is 1. The minimum Gasteiger partial charge on any atom is -0.371 e. The van der Waals surface area contributed by atoms with Crippen LogP contribution in [0.4, 0.5) is 5.69 Å². The summed E-state index contributed by atoms with van der Waals surface area (Å²) in [7, 11) is 0. The van der Waals surface area contributed by atoms with E-state index in [4.69, 9.17) is 0 Å². The molecule has 1 aromatic heterocycles. The number of pyridine rings is 1.